The lowest BCUT2D eigenvalue weighted by molar-refractivity contribution is 0.462. The Bertz CT molecular complexity index is 453. The van der Waals surface area contributed by atoms with E-state index in [9.17, 15) is 8.42 Å². The Hall–Kier alpha value is -0.920. The fourth-order valence-electron chi connectivity index (χ4n) is 1.72. The minimum atomic E-state index is -3.41. The molecular weight excluding hydrogens is 216 g/mol. The Kier molecular flexibility index (Phi) is 2.53. The molecule has 0 unspecified atom stereocenters. The minimum Gasteiger partial charge on any atom is -0.326 e. The van der Waals surface area contributed by atoms with Crippen molar-refractivity contribution in [2.75, 3.05) is 13.1 Å². The summed E-state index contributed by atoms with van der Waals surface area (Å²) in [5.41, 5.74) is 5.68. The van der Waals surface area contributed by atoms with E-state index in [1.165, 1.54) is 21.3 Å². The van der Waals surface area contributed by atoms with Gasteiger partial charge in [0.25, 0.3) is 10.0 Å². The highest BCUT2D eigenvalue weighted by atomic mass is 32.2. The first kappa shape index (κ1) is 10.6. The highest BCUT2D eigenvalue weighted by Crippen LogP contribution is 2.19. The average Bonchev–Trinajstić information content (AvgIpc) is 2.74. The van der Waals surface area contributed by atoms with Gasteiger partial charge in [0.1, 0.15) is 0 Å². The van der Waals surface area contributed by atoms with Crippen LogP contribution >= 0.6 is 0 Å². The van der Waals surface area contributed by atoms with E-state index in [0.29, 0.717) is 13.1 Å². The van der Waals surface area contributed by atoms with Crippen molar-refractivity contribution < 1.29 is 8.42 Å². The molecule has 1 atom stereocenters. The van der Waals surface area contributed by atoms with Crippen LogP contribution in [0.25, 0.3) is 0 Å². The van der Waals surface area contributed by atoms with Gasteiger partial charge in [-0.2, -0.15) is 9.40 Å². The number of sulfonamides is 1. The first-order chi connectivity index (χ1) is 7.01. The minimum absolute atomic E-state index is 0.0481. The van der Waals surface area contributed by atoms with E-state index >= 15 is 0 Å². The van der Waals surface area contributed by atoms with Crippen molar-refractivity contribution in [1.82, 2.24) is 14.1 Å². The molecule has 1 fully saturated rings. The highest BCUT2D eigenvalue weighted by molar-refractivity contribution is 7.89. The van der Waals surface area contributed by atoms with E-state index in [2.05, 4.69) is 5.10 Å². The molecule has 6 nitrogen and oxygen atoms in total. The standard InChI is InChI=1S/C8H14N4O2S/c1-11-8(2-4-10-11)15(13,14)12-5-3-7(9)6-12/h2,4,7H,3,5-6,9H2,1H3/t7-/m0/s1. The van der Waals surface area contributed by atoms with E-state index in [-0.39, 0.29) is 11.1 Å². The molecule has 2 N–H and O–H groups in total. The summed E-state index contributed by atoms with van der Waals surface area (Å²) in [6, 6.07) is 1.45. The van der Waals surface area contributed by atoms with Gasteiger partial charge in [-0.3, -0.25) is 4.68 Å². The lowest BCUT2D eigenvalue weighted by Crippen LogP contribution is -2.33. The molecular formula is C8H14N4O2S. The largest absolute Gasteiger partial charge is 0.326 e. The molecule has 84 valence electrons. The molecule has 0 amide bonds. The summed E-state index contributed by atoms with van der Waals surface area (Å²) in [4.78, 5) is 0. The molecule has 1 aliphatic rings. The number of aromatic nitrogens is 2. The van der Waals surface area contributed by atoms with Crippen molar-refractivity contribution in [3.8, 4) is 0 Å². The molecule has 0 aromatic carbocycles. The van der Waals surface area contributed by atoms with Gasteiger partial charge in [-0.25, -0.2) is 8.42 Å². The topological polar surface area (TPSA) is 81.2 Å². The molecule has 1 aromatic rings. The molecule has 0 saturated carbocycles. The van der Waals surface area contributed by atoms with Crippen LogP contribution in [0.4, 0.5) is 0 Å². The smallest absolute Gasteiger partial charge is 0.260 e. The Morgan fingerprint density at radius 2 is 2.33 bits per heavy atom. The van der Waals surface area contributed by atoms with E-state index in [1.54, 1.807) is 7.05 Å². The summed E-state index contributed by atoms with van der Waals surface area (Å²) < 4.78 is 26.9. The zero-order chi connectivity index (χ0) is 11.1. The Morgan fingerprint density at radius 3 is 2.80 bits per heavy atom. The van der Waals surface area contributed by atoms with Crippen molar-refractivity contribution in [3.05, 3.63) is 12.3 Å². The molecule has 0 aliphatic carbocycles. The molecule has 0 bridgehead atoms. The van der Waals surface area contributed by atoms with Gasteiger partial charge in [0.05, 0.1) is 6.20 Å². The third-order valence-corrected chi connectivity index (χ3v) is 4.51. The predicted molar refractivity (Wildman–Crippen MR) is 54.6 cm³/mol. The van der Waals surface area contributed by atoms with E-state index in [4.69, 9.17) is 5.73 Å². The summed E-state index contributed by atoms with van der Waals surface area (Å²) in [7, 11) is -1.79. The van der Waals surface area contributed by atoms with Crippen molar-refractivity contribution in [2.24, 2.45) is 12.8 Å². The van der Waals surface area contributed by atoms with Crippen molar-refractivity contribution in [1.29, 1.82) is 0 Å². The van der Waals surface area contributed by atoms with Gasteiger partial charge in [-0.1, -0.05) is 0 Å². The maximum Gasteiger partial charge on any atom is 0.260 e. The van der Waals surface area contributed by atoms with Crippen LogP contribution in [0.2, 0.25) is 0 Å². The van der Waals surface area contributed by atoms with Gasteiger partial charge in [0.2, 0.25) is 0 Å². The first-order valence-corrected chi connectivity index (χ1v) is 6.19. The third kappa shape index (κ3) is 1.77. The number of nitrogens with zero attached hydrogens (tertiary/aromatic N) is 3. The van der Waals surface area contributed by atoms with Gasteiger partial charge >= 0.3 is 0 Å². The quantitative estimate of drug-likeness (QED) is 0.717. The van der Waals surface area contributed by atoms with Crippen LogP contribution in [-0.4, -0.2) is 41.6 Å². The van der Waals surface area contributed by atoms with Crippen molar-refractivity contribution in [3.63, 3.8) is 0 Å². The fourth-order valence-corrected chi connectivity index (χ4v) is 3.33. The molecule has 2 heterocycles. The van der Waals surface area contributed by atoms with Gasteiger partial charge in [-0.15, -0.1) is 0 Å². The van der Waals surface area contributed by atoms with Crippen molar-refractivity contribution >= 4 is 10.0 Å². The summed E-state index contributed by atoms with van der Waals surface area (Å²) in [5.74, 6) is 0. The number of rotatable bonds is 2. The lowest BCUT2D eigenvalue weighted by atomic mass is 10.3. The van der Waals surface area contributed by atoms with Gasteiger partial charge in [-0.05, 0) is 12.5 Å². The molecule has 2 rings (SSSR count). The van der Waals surface area contributed by atoms with Crippen molar-refractivity contribution in [2.45, 2.75) is 17.5 Å². The summed E-state index contributed by atoms with van der Waals surface area (Å²) in [6.45, 7) is 0.891. The number of nitrogens with two attached hydrogens (primary N) is 1. The van der Waals surface area contributed by atoms with Gasteiger partial charge in [0, 0.05) is 26.2 Å². The number of hydrogen-bond acceptors (Lipinski definition) is 4. The zero-order valence-corrected chi connectivity index (χ0v) is 9.31. The number of aryl methyl sites for hydroxylation is 1. The zero-order valence-electron chi connectivity index (χ0n) is 8.50. The molecule has 0 spiro atoms. The predicted octanol–water partition coefficient (Wildman–Crippen LogP) is -0.858. The Balaban J connectivity index is 2.32. The maximum atomic E-state index is 12.1. The van der Waals surface area contributed by atoms with Gasteiger partial charge < -0.3 is 5.73 Å². The van der Waals surface area contributed by atoms with Gasteiger partial charge in [0.15, 0.2) is 5.03 Å². The monoisotopic (exact) mass is 230 g/mol. The van der Waals surface area contributed by atoms with Crippen LogP contribution in [0.1, 0.15) is 6.42 Å². The molecule has 7 heteroatoms. The maximum absolute atomic E-state index is 12.1. The second-order valence-corrected chi connectivity index (χ2v) is 5.59. The van der Waals surface area contributed by atoms with Crippen LogP contribution in [0.5, 0.6) is 0 Å². The second-order valence-electron chi connectivity index (χ2n) is 3.70. The van der Waals surface area contributed by atoms with Crippen LogP contribution in [0, 0.1) is 0 Å². The van der Waals surface area contributed by atoms with E-state index < -0.39 is 10.0 Å². The average molecular weight is 230 g/mol. The van der Waals surface area contributed by atoms with E-state index in [1.807, 2.05) is 0 Å². The van der Waals surface area contributed by atoms with E-state index in [0.717, 1.165) is 6.42 Å². The van der Waals surface area contributed by atoms with Crippen LogP contribution < -0.4 is 5.73 Å². The Morgan fingerprint density at radius 1 is 1.60 bits per heavy atom. The molecule has 1 aliphatic heterocycles. The van der Waals surface area contributed by atoms with Crippen LogP contribution in [0.3, 0.4) is 0 Å². The Labute approximate surface area is 88.7 Å². The van der Waals surface area contributed by atoms with Crippen LogP contribution in [-0.2, 0) is 17.1 Å². The molecule has 0 radical (unpaired) electrons. The van der Waals surface area contributed by atoms with Crippen LogP contribution in [0.15, 0.2) is 17.3 Å². The second kappa shape index (κ2) is 3.58. The lowest BCUT2D eigenvalue weighted by Gasteiger charge is -2.15. The summed E-state index contributed by atoms with van der Waals surface area (Å²) >= 11 is 0. The molecule has 1 saturated heterocycles. The number of hydrogen-bond donors (Lipinski definition) is 1. The normalized spacial score (nSPS) is 23.5. The molecule has 1 aromatic heterocycles. The summed E-state index contributed by atoms with van der Waals surface area (Å²) in [6.07, 6.45) is 2.19. The summed E-state index contributed by atoms with van der Waals surface area (Å²) in [5, 5.41) is 4.07. The SMILES string of the molecule is Cn1nccc1S(=O)(=O)N1CC[C@H](N)C1. The first-order valence-electron chi connectivity index (χ1n) is 4.75. The third-order valence-electron chi connectivity index (χ3n) is 2.57. The highest BCUT2D eigenvalue weighted by Gasteiger charge is 2.32. The fraction of sp³-hybridized carbons (Fsp3) is 0.625. The molecule has 15 heavy (non-hydrogen) atoms.